The van der Waals surface area contributed by atoms with Crippen LogP contribution in [0.25, 0.3) is 0 Å². The highest BCUT2D eigenvalue weighted by molar-refractivity contribution is 5.94. The highest BCUT2D eigenvalue weighted by Crippen LogP contribution is 2.24. The summed E-state index contributed by atoms with van der Waals surface area (Å²) >= 11 is 0. The van der Waals surface area contributed by atoms with E-state index in [2.05, 4.69) is 5.32 Å². The van der Waals surface area contributed by atoms with Crippen LogP contribution < -0.4 is 5.32 Å². The minimum Gasteiger partial charge on any atom is -0.504 e. The van der Waals surface area contributed by atoms with Gasteiger partial charge in [0.2, 0.25) is 0 Å². The SMILES string of the molecule is CC(C)C(O)CNC(=O)c1ccc(O)c(O)c1. The molecule has 0 saturated carbocycles. The lowest BCUT2D eigenvalue weighted by Gasteiger charge is -2.15. The molecule has 1 aromatic rings. The van der Waals surface area contributed by atoms with Crippen molar-refractivity contribution in [3.63, 3.8) is 0 Å². The Balaban J connectivity index is 2.61. The first kappa shape index (κ1) is 13.3. The number of rotatable bonds is 4. The zero-order valence-corrected chi connectivity index (χ0v) is 9.84. The molecule has 4 N–H and O–H groups in total. The number of aliphatic hydroxyl groups is 1. The molecule has 0 spiro atoms. The molecule has 94 valence electrons. The molecular formula is C12H17NO4. The first-order chi connectivity index (χ1) is 7.91. The van der Waals surface area contributed by atoms with Crippen molar-refractivity contribution < 1.29 is 20.1 Å². The molecule has 0 aromatic heterocycles. The number of phenols is 2. The fraction of sp³-hybridized carbons (Fsp3) is 0.417. The Morgan fingerprint density at radius 2 is 1.94 bits per heavy atom. The van der Waals surface area contributed by atoms with Crippen LogP contribution in [0.4, 0.5) is 0 Å². The predicted molar refractivity (Wildman–Crippen MR) is 62.9 cm³/mol. The maximum atomic E-state index is 11.6. The van der Waals surface area contributed by atoms with E-state index < -0.39 is 12.0 Å². The van der Waals surface area contributed by atoms with Crippen LogP contribution in [-0.4, -0.2) is 33.9 Å². The molecule has 0 aliphatic carbocycles. The van der Waals surface area contributed by atoms with Crippen molar-refractivity contribution in [3.8, 4) is 11.5 Å². The van der Waals surface area contributed by atoms with E-state index in [9.17, 15) is 15.0 Å². The van der Waals surface area contributed by atoms with Gasteiger partial charge in [-0.15, -0.1) is 0 Å². The second kappa shape index (κ2) is 5.54. The van der Waals surface area contributed by atoms with Gasteiger partial charge in [0.05, 0.1) is 6.10 Å². The van der Waals surface area contributed by atoms with Gasteiger partial charge >= 0.3 is 0 Å². The quantitative estimate of drug-likeness (QED) is 0.586. The molecule has 1 amide bonds. The summed E-state index contributed by atoms with van der Waals surface area (Å²) in [6, 6.07) is 3.81. The highest BCUT2D eigenvalue weighted by Gasteiger charge is 2.12. The average Bonchev–Trinajstić information content (AvgIpc) is 2.28. The van der Waals surface area contributed by atoms with E-state index in [0.717, 1.165) is 0 Å². The number of aliphatic hydroxyl groups excluding tert-OH is 1. The summed E-state index contributed by atoms with van der Waals surface area (Å²) in [6.45, 7) is 3.85. The van der Waals surface area contributed by atoms with E-state index >= 15 is 0 Å². The summed E-state index contributed by atoms with van der Waals surface area (Å²) in [5, 5.41) is 30.4. The van der Waals surface area contributed by atoms with Crippen molar-refractivity contribution in [2.24, 2.45) is 5.92 Å². The molecular weight excluding hydrogens is 222 g/mol. The second-order valence-corrected chi connectivity index (χ2v) is 4.22. The smallest absolute Gasteiger partial charge is 0.251 e. The summed E-state index contributed by atoms with van der Waals surface area (Å²) in [5.41, 5.74) is 0.233. The molecule has 1 unspecified atom stereocenters. The molecule has 0 aliphatic heterocycles. The van der Waals surface area contributed by atoms with Crippen molar-refractivity contribution in [1.29, 1.82) is 0 Å². The summed E-state index contributed by atoms with van der Waals surface area (Å²) in [4.78, 5) is 11.6. The minimum atomic E-state index is -0.607. The fourth-order valence-electron chi connectivity index (χ4n) is 1.20. The summed E-state index contributed by atoms with van der Waals surface area (Å²) in [6.07, 6.45) is -0.607. The second-order valence-electron chi connectivity index (χ2n) is 4.22. The lowest BCUT2D eigenvalue weighted by Crippen LogP contribution is -2.34. The molecule has 17 heavy (non-hydrogen) atoms. The van der Waals surface area contributed by atoms with Crippen molar-refractivity contribution in [2.45, 2.75) is 20.0 Å². The van der Waals surface area contributed by atoms with Crippen LogP contribution in [0.2, 0.25) is 0 Å². The van der Waals surface area contributed by atoms with Crippen LogP contribution in [0.1, 0.15) is 24.2 Å². The van der Waals surface area contributed by atoms with Gasteiger partial charge in [-0.25, -0.2) is 0 Å². The lowest BCUT2D eigenvalue weighted by atomic mass is 10.1. The van der Waals surface area contributed by atoms with Crippen molar-refractivity contribution in [3.05, 3.63) is 23.8 Å². The third kappa shape index (κ3) is 3.64. The Kier molecular flexibility index (Phi) is 4.34. The van der Waals surface area contributed by atoms with Crippen LogP contribution >= 0.6 is 0 Å². The van der Waals surface area contributed by atoms with E-state index in [1.165, 1.54) is 18.2 Å². The number of hydrogen-bond acceptors (Lipinski definition) is 4. The van der Waals surface area contributed by atoms with E-state index in [0.29, 0.717) is 0 Å². The first-order valence-electron chi connectivity index (χ1n) is 5.40. The molecule has 1 atom stereocenters. The molecule has 1 rings (SSSR count). The van der Waals surface area contributed by atoms with Gasteiger partial charge in [0.25, 0.3) is 5.91 Å². The van der Waals surface area contributed by atoms with Crippen molar-refractivity contribution >= 4 is 5.91 Å². The third-order valence-electron chi connectivity index (χ3n) is 2.48. The number of amides is 1. The third-order valence-corrected chi connectivity index (χ3v) is 2.48. The molecule has 0 bridgehead atoms. The van der Waals surface area contributed by atoms with Crippen LogP contribution in [-0.2, 0) is 0 Å². The van der Waals surface area contributed by atoms with Gasteiger partial charge in [0.1, 0.15) is 0 Å². The summed E-state index contributed by atoms with van der Waals surface area (Å²) < 4.78 is 0. The van der Waals surface area contributed by atoms with E-state index in [1.807, 2.05) is 13.8 Å². The number of hydrogen-bond donors (Lipinski definition) is 4. The van der Waals surface area contributed by atoms with Gasteiger partial charge in [-0.3, -0.25) is 4.79 Å². The summed E-state index contributed by atoms with van der Waals surface area (Å²) in [5.74, 6) is -0.964. The largest absolute Gasteiger partial charge is 0.504 e. The molecule has 1 aromatic carbocycles. The Morgan fingerprint density at radius 1 is 1.29 bits per heavy atom. The number of aromatic hydroxyl groups is 2. The average molecular weight is 239 g/mol. The van der Waals surface area contributed by atoms with Gasteiger partial charge in [-0.2, -0.15) is 0 Å². The van der Waals surface area contributed by atoms with E-state index in [1.54, 1.807) is 0 Å². The van der Waals surface area contributed by atoms with Crippen molar-refractivity contribution in [2.75, 3.05) is 6.54 Å². The Morgan fingerprint density at radius 3 is 2.47 bits per heavy atom. The molecule has 5 heteroatoms. The van der Waals surface area contributed by atoms with Crippen LogP contribution in [0, 0.1) is 5.92 Å². The molecule has 0 fully saturated rings. The highest BCUT2D eigenvalue weighted by atomic mass is 16.3. The van der Waals surface area contributed by atoms with E-state index in [-0.39, 0.29) is 29.5 Å². The maximum absolute atomic E-state index is 11.6. The van der Waals surface area contributed by atoms with Gasteiger partial charge in [-0.05, 0) is 24.1 Å². The van der Waals surface area contributed by atoms with Crippen LogP contribution in [0.15, 0.2) is 18.2 Å². The molecule has 0 saturated heterocycles. The number of carbonyl (C=O) groups excluding carboxylic acids is 1. The van der Waals surface area contributed by atoms with Crippen LogP contribution in [0.5, 0.6) is 11.5 Å². The molecule has 0 radical (unpaired) electrons. The van der Waals surface area contributed by atoms with Crippen molar-refractivity contribution in [1.82, 2.24) is 5.32 Å². The van der Waals surface area contributed by atoms with Gasteiger partial charge < -0.3 is 20.6 Å². The predicted octanol–water partition coefficient (Wildman–Crippen LogP) is 0.845. The van der Waals surface area contributed by atoms with Gasteiger partial charge in [-0.1, -0.05) is 13.8 Å². The van der Waals surface area contributed by atoms with E-state index in [4.69, 9.17) is 5.11 Å². The number of benzene rings is 1. The zero-order chi connectivity index (χ0) is 13.0. The number of phenolic OH excluding ortho intramolecular Hbond substituents is 2. The molecule has 5 nitrogen and oxygen atoms in total. The monoisotopic (exact) mass is 239 g/mol. The fourth-order valence-corrected chi connectivity index (χ4v) is 1.20. The maximum Gasteiger partial charge on any atom is 0.251 e. The van der Waals surface area contributed by atoms with Gasteiger partial charge in [0, 0.05) is 12.1 Å². The first-order valence-corrected chi connectivity index (χ1v) is 5.40. The Hall–Kier alpha value is -1.75. The number of carbonyl (C=O) groups is 1. The zero-order valence-electron chi connectivity index (χ0n) is 9.84. The Labute approximate surface area is 99.7 Å². The standard InChI is InChI=1S/C12H17NO4/c1-7(2)11(16)6-13-12(17)8-3-4-9(14)10(15)5-8/h3-5,7,11,14-16H,6H2,1-2H3,(H,13,17). The Bertz CT molecular complexity index is 403. The summed E-state index contributed by atoms with van der Waals surface area (Å²) in [7, 11) is 0. The topological polar surface area (TPSA) is 89.8 Å². The lowest BCUT2D eigenvalue weighted by molar-refractivity contribution is 0.0871. The van der Waals surface area contributed by atoms with Gasteiger partial charge in [0.15, 0.2) is 11.5 Å². The number of nitrogens with one attached hydrogen (secondary N) is 1. The molecule has 0 heterocycles. The normalized spacial score (nSPS) is 12.5. The van der Waals surface area contributed by atoms with Crippen LogP contribution in [0.3, 0.4) is 0 Å². The minimum absolute atomic E-state index is 0.0588. The molecule has 0 aliphatic rings.